The number of hydrogen-bond donors (Lipinski definition) is 1. The van der Waals surface area contributed by atoms with Crippen molar-refractivity contribution in [3.8, 4) is 11.4 Å². The normalized spacial score (nSPS) is 10.5. The number of methoxy groups -OCH3 is 1. The highest BCUT2D eigenvalue weighted by molar-refractivity contribution is 9.10. The van der Waals surface area contributed by atoms with E-state index in [9.17, 15) is 9.18 Å². The smallest absolute Gasteiger partial charge is 0.259 e. The Morgan fingerprint density at radius 1 is 1.29 bits per heavy atom. The molecule has 122 valence electrons. The van der Waals surface area contributed by atoms with Gasteiger partial charge in [-0.05, 0) is 46.3 Å². The lowest BCUT2D eigenvalue weighted by molar-refractivity contribution is 0.102. The topological polar surface area (TPSA) is 56.1 Å². The number of halogens is 2. The van der Waals surface area contributed by atoms with Crippen molar-refractivity contribution in [3.63, 3.8) is 0 Å². The maximum atomic E-state index is 13.5. The number of hydrogen-bond acceptors (Lipinski definition) is 3. The number of para-hydroxylation sites is 2. The molecule has 1 amide bonds. The van der Waals surface area contributed by atoms with E-state index in [0.717, 1.165) is 10.5 Å². The van der Waals surface area contributed by atoms with Gasteiger partial charge in [0.25, 0.3) is 5.91 Å². The number of benzene rings is 2. The molecule has 0 unspecified atom stereocenters. The van der Waals surface area contributed by atoms with Crippen LogP contribution in [0, 0.1) is 5.82 Å². The lowest BCUT2D eigenvalue weighted by Crippen LogP contribution is -2.15. The third-order valence-corrected chi connectivity index (χ3v) is 3.77. The average Bonchev–Trinajstić information content (AvgIpc) is 3.01. The van der Waals surface area contributed by atoms with Crippen LogP contribution in [0.3, 0.4) is 0 Å². The van der Waals surface area contributed by atoms with Crippen molar-refractivity contribution in [1.82, 2.24) is 9.78 Å². The van der Waals surface area contributed by atoms with Gasteiger partial charge in [-0.2, -0.15) is 5.10 Å². The van der Waals surface area contributed by atoms with E-state index in [0.29, 0.717) is 17.1 Å². The van der Waals surface area contributed by atoms with Gasteiger partial charge in [-0.25, -0.2) is 9.07 Å². The summed E-state index contributed by atoms with van der Waals surface area (Å²) in [6.07, 6.45) is 3.42. The molecule has 0 aliphatic rings. The molecule has 0 saturated carbocycles. The van der Waals surface area contributed by atoms with Crippen LogP contribution in [0.1, 0.15) is 10.4 Å². The number of carbonyl (C=O) groups excluding carboxylic acids is 1. The summed E-state index contributed by atoms with van der Waals surface area (Å²) in [6.45, 7) is 0. The van der Waals surface area contributed by atoms with Gasteiger partial charge in [0.15, 0.2) is 0 Å². The number of nitrogens with zero attached hydrogens (tertiary/aromatic N) is 2. The molecule has 3 aromatic rings. The standard InChI is InChI=1S/C17H13BrFN3O2/c1-24-16-7-6-12(19)8-13(16)17(23)21-14-4-2-3-5-15(14)22-10-11(18)9-20-22/h2-10H,1H3,(H,21,23). The summed E-state index contributed by atoms with van der Waals surface area (Å²) < 4.78 is 21.0. The lowest BCUT2D eigenvalue weighted by atomic mass is 10.1. The third-order valence-electron chi connectivity index (χ3n) is 3.36. The van der Waals surface area contributed by atoms with Crippen LogP contribution in [-0.4, -0.2) is 22.8 Å². The second kappa shape index (κ2) is 6.84. The highest BCUT2D eigenvalue weighted by atomic mass is 79.9. The molecular formula is C17H13BrFN3O2. The van der Waals surface area contributed by atoms with Crippen LogP contribution in [0.5, 0.6) is 5.75 Å². The highest BCUT2D eigenvalue weighted by Crippen LogP contribution is 2.24. The van der Waals surface area contributed by atoms with Gasteiger partial charge in [0.2, 0.25) is 0 Å². The van der Waals surface area contributed by atoms with Crippen LogP contribution in [0.15, 0.2) is 59.3 Å². The number of aromatic nitrogens is 2. The zero-order valence-electron chi connectivity index (χ0n) is 12.7. The van der Waals surface area contributed by atoms with Crippen molar-refractivity contribution in [1.29, 1.82) is 0 Å². The van der Waals surface area contributed by atoms with Gasteiger partial charge < -0.3 is 10.1 Å². The van der Waals surface area contributed by atoms with Crippen LogP contribution in [0.4, 0.5) is 10.1 Å². The molecular weight excluding hydrogens is 377 g/mol. The summed E-state index contributed by atoms with van der Waals surface area (Å²) in [5.74, 6) is -0.677. The SMILES string of the molecule is COc1ccc(F)cc1C(=O)Nc1ccccc1-n1cc(Br)cn1. The van der Waals surface area contributed by atoms with Crippen molar-refractivity contribution in [2.24, 2.45) is 0 Å². The third kappa shape index (κ3) is 3.30. The Kier molecular flexibility index (Phi) is 4.61. The van der Waals surface area contributed by atoms with Gasteiger partial charge >= 0.3 is 0 Å². The Balaban J connectivity index is 1.95. The summed E-state index contributed by atoms with van der Waals surface area (Å²) >= 11 is 3.34. The number of carbonyl (C=O) groups is 1. The molecule has 0 saturated heterocycles. The Hall–Kier alpha value is -2.67. The van der Waals surface area contributed by atoms with Crippen molar-refractivity contribution in [3.05, 3.63) is 70.7 Å². The van der Waals surface area contributed by atoms with E-state index in [1.165, 1.54) is 19.2 Å². The Bertz CT molecular complexity index is 895. The minimum atomic E-state index is -0.509. The summed E-state index contributed by atoms with van der Waals surface area (Å²) in [5, 5.41) is 6.98. The summed E-state index contributed by atoms with van der Waals surface area (Å²) in [5.41, 5.74) is 1.35. The second-order valence-electron chi connectivity index (χ2n) is 4.92. The second-order valence-corrected chi connectivity index (χ2v) is 5.83. The van der Waals surface area contributed by atoms with E-state index in [-0.39, 0.29) is 5.56 Å². The van der Waals surface area contributed by atoms with Gasteiger partial charge in [-0.3, -0.25) is 4.79 Å². The molecule has 0 fully saturated rings. The van der Waals surface area contributed by atoms with Crippen LogP contribution in [0.2, 0.25) is 0 Å². The summed E-state index contributed by atoms with van der Waals surface area (Å²) in [4.78, 5) is 12.5. The predicted molar refractivity (Wildman–Crippen MR) is 92.2 cm³/mol. The summed E-state index contributed by atoms with van der Waals surface area (Å²) in [6, 6.07) is 11.0. The van der Waals surface area contributed by atoms with Crippen molar-refractivity contribution in [2.75, 3.05) is 12.4 Å². The van der Waals surface area contributed by atoms with Crippen molar-refractivity contribution >= 4 is 27.5 Å². The molecule has 7 heteroatoms. The quantitative estimate of drug-likeness (QED) is 0.732. The van der Waals surface area contributed by atoms with E-state index < -0.39 is 11.7 Å². The molecule has 3 rings (SSSR count). The molecule has 0 radical (unpaired) electrons. The molecule has 24 heavy (non-hydrogen) atoms. The van der Waals surface area contributed by atoms with Crippen molar-refractivity contribution in [2.45, 2.75) is 0 Å². The fourth-order valence-corrected chi connectivity index (χ4v) is 2.54. The van der Waals surface area contributed by atoms with E-state index >= 15 is 0 Å². The van der Waals surface area contributed by atoms with E-state index in [4.69, 9.17) is 4.74 Å². The van der Waals surface area contributed by atoms with Gasteiger partial charge in [0.05, 0.1) is 34.7 Å². The number of anilines is 1. The molecule has 2 aromatic carbocycles. The van der Waals surface area contributed by atoms with E-state index in [1.807, 2.05) is 12.1 Å². The first kappa shape index (κ1) is 16.2. The van der Waals surface area contributed by atoms with E-state index in [1.54, 1.807) is 29.2 Å². The first-order chi connectivity index (χ1) is 11.6. The minimum absolute atomic E-state index is 0.119. The molecule has 0 aliphatic carbocycles. The van der Waals surface area contributed by atoms with Crippen molar-refractivity contribution < 1.29 is 13.9 Å². The maximum absolute atomic E-state index is 13.5. The zero-order chi connectivity index (χ0) is 17.1. The fourth-order valence-electron chi connectivity index (χ4n) is 2.26. The largest absolute Gasteiger partial charge is 0.496 e. The molecule has 0 atom stereocenters. The number of rotatable bonds is 4. The Morgan fingerprint density at radius 3 is 2.79 bits per heavy atom. The molecule has 0 bridgehead atoms. The van der Waals surface area contributed by atoms with Crippen LogP contribution < -0.4 is 10.1 Å². The van der Waals surface area contributed by atoms with Crippen LogP contribution >= 0.6 is 15.9 Å². The lowest BCUT2D eigenvalue weighted by Gasteiger charge is -2.12. The molecule has 1 aromatic heterocycles. The first-order valence-electron chi connectivity index (χ1n) is 7.03. The highest BCUT2D eigenvalue weighted by Gasteiger charge is 2.15. The molecule has 5 nitrogen and oxygen atoms in total. The molecule has 0 spiro atoms. The zero-order valence-corrected chi connectivity index (χ0v) is 14.2. The predicted octanol–water partition coefficient (Wildman–Crippen LogP) is 4.03. The number of amides is 1. The molecule has 1 N–H and O–H groups in total. The van der Waals surface area contributed by atoms with E-state index in [2.05, 4.69) is 26.3 Å². The van der Waals surface area contributed by atoms with Gasteiger partial charge in [-0.1, -0.05) is 12.1 Å². The van der Waals surface area contributed by atoms with Gasteiger partial charge in [-0.15, -0.1) is 0 Å². The fraction of sp³-hybridized carbons (Fsp3) is 0.0588. The number of nitrogens with one attached hydrogen (secondary N) is 1. The molecule has 0 aliphatic heterocycles. The number of ether oxygens (including phenoxy) is 1. The molecule has 1 heterocycles. The summed E-state index contributed by atoms with van der Waals surface area (Å²) in [7, 11) is 1.43. The van der Waals surface area contributed by atoms with Crippen LogP contribution in [0.25, 0.3) is 5.69 Å². The van der Waals surface area contributed by atoms with Crippen LogP contribution in [-0.2, 0) is 0 Å². The maximum Gasteiger partial charge on any atom is 0.259 e. The van der Waals surface area contributed by atoms with Gasteiger partial charge in [0.1, 0.15) is 11.6 Å². The minimum Gasteiger partial charge on any atom is -0.496 e. The Morgan fingerprint density at radius 2 is 2.08 bits per heavy atom. The first-order valence-corrected chi connectivity index (χ1v) is 7.82. The van der Waals surface area contributed by atoms with Gasteiger partial charge in [0, 0.05) is 6.20 Å². The Labute approximate surface area is 146 Å². The average molecular weight is 390 g/mol. The monoisotopic (exact) mass is 389 g/mol.